The average Bonchev–Trinajstić information content (AvgIpc) is 1.59. The van der Waals surface area contributed by atoms with Crippen molar-refractivity contribution in [1.29, 1.82) is 0 Å². The van der Waals surface area contributed by atoms with E-state index in [9.17, 15) is 0 Å². The molecule has 0 fully saturated rings. The first kappa shape index (κ1) is 7.92. The van der Waals surface area contributed by atoms with Crippen molar-refractivity contribution < 1.29 is 4.48 Å². The summed E-state index contributed by atoms with van der Waals surface area (Å²) >= 11 is 0. The van der Waals surface area contributed by atoms with Crippen LogP contribution in [0.5, 0.6) is 0 Å². The first-order valence-electron chi connectivity index (χ1n) is 3.07. The largest absolute Gasteiger partial charge is 0.319 e. The van der Waals surface area contributed by atoms with E-state index < -0.39 is 0 Å². The molecule has 0 bridgehead atoms. The molecule has 0 heterocycles. The number of nitrogens with zero attached hydrogens (tertiary/aromatic N) is 1. The molecule has 0 rings (SSSR count). The molecule has 1 N–H and O–H groups in total. The summed E-state index contributed by atoms with van der Waals surface area (Å²) in [6.45, 7) is 4.24. The van der Waals surface area contributed by atoms with Crippen LogP contribution in [-0.2, 0) is 0 Å². The summed E-state index contributed by atoms with van der Waals surface area (Å²) in [4.78, 5) is 0. The van der Waals surface area contributed by atoms with Gasteiger partial charge in [-0.25, -0.2) is 0 Å². The highest BCUT2D eigenvalue weighted by Gasteiger charge is 2.02. The molecular formula is C6H17N2+. The minimum absolute atomic E-state index is 0.994. The fourth-order valence-electron chi connectivity index (χ4n) is 0.447. The molecule has 2 nitrogen and oxygen atoms in total. The molecule has 0 aliphatic heterocycles. The highest BCUT2D eigenvalue weighted by Crippen LogP contribution is 1.82. The molecule has 0 amide bonds. The van der Waals surface area contributed by atoms with Crippen LogP contribution in [0.15, 0.2) is 0 Å². The van der Waals surface area contributed by atoms with Gasteiger partial charge in [-0.05, 0) is 6.54 Å². The van der Waals surface area contributed by atoms with Crippen LogP contribution in [0, 0.1) is 0 Å². The zero-order chi connectivity index (χ0) is 6.62. The molecule has 0 spiro atoms. The molecule has 0 unspecified atom stereocenters. The summed E-state index contributed by atoms with van der Waals surface area (Å²) in [6.07, 6.45) is 0. The highest BCUT2D eigenvalue weighted by atomic mass is 15.3. The SMILES string of the molecule is CCNC[N+](C)(C)C. The zero-order valence-electron chi connectivity index (χ0n) is 6.36. The van der Waals surface area contributed by atoms with Gasteiger partial charge < -0.3 is 4.48 Å². The molecular weight excluding hydrogens is 100 g/mol. The molecule has 0 aliphatic rings. The Hall–Kier alpha value is -0.0800. The van der Waals surface area contributed by atoms with E-state index in [1.807, 2.05) is 0 Å². The fourth-order valence-corrected chi connectivity index (χ4v) is 0.447. The molecule has 2 heteroatoms. The standard InChI is InChI=1S/C6H17N2/c1-5-7-6-8(2,3)4/h7H,5-6H2,1-4H3/q+1. The van der Waals surface area contributed by atoms with Gasteiger partial charge in [-0.3, -0.25) is 5.32 Å². The first-order valence-corrected chi connectivity index (χ1v) is 3.07. The Morgan fingerprint density at radius 2 is 1.75 bits per heavy atom. The quantitative estimate of drug-likeness (QED) is 0.413. The van der Waals surface area contributed by atoms with E-state index in [0.29, 0.717) is 0 Å². The molecule has 0 atom stereocenters. The topological polar surface area (TPSA) is 12.0 Å². The van der Waals surface area contributed by atoms with Gasteiger partial charge in [-0.1, -0.05) is 6.92 Å². The van der Waals surface area contributed by atoms with Crippen molar-refractivity contribution in [1.82, 2.24) is 5.32 Å². The van der Waals surface area contributed by atoms with Crippen molar-refractivity contribution in [3.8, 4) is 0 Å². The summed E-state index contributed by atoms with van der Waals surface area (Å²) in [6, 6.07) is 0. The molecule has 50 valence electrons. The second-order valence-corrected chi connectivity index (χ2v) is 3.05. The van der Waals surface area contributed by atoms with E-state index >= 15 is 0 Å². The van der Waals surface area contributed by atoms with E-state index in [0.717, 1.165) is 17.7 Å². The molecule has 0 aromatic heterocycles. The van der Waals surface area contributed by atoms with Gasteiger partial charge in [0.25, 0.3) is 0 Å². The van der Waals surface area contributed by atoms with Crippen molar-refractivity contribution in [3.05, 3.63) is 0 Å². The Morgan fingerprint density at radius 1 is 1.25 bits per heavy atom. The summed E-state index contributed by atoms with van der Waals surface area (Å²) in [7, 11) is 6.51. The maximum atomic E-state index is 3.26. The van der Waals surface area contributed by atoms with Gasteiger partial charge in [0.05, 0.1) is 21.1 Å². The third-order valence-corrected chi connectivity index (χ3v) is 0.836. The third kappa shape index (κ3) is 5.92. The van der Waals surface area contributed by atoms with Crippen LogP contribution in [0.3, 0.4) is 0 Å². The fraction of sp³-hybridized carbons (Fsp3) is 1.00. The monoisotopic (exact) mass is 117 g/mol. The second-order valence-electron chi connectivity index (χ2n) is 3.05. The van der Waals surface area contributed by atoms with Gasteiger partial charge in [-0.15, -0.1) is 0 Å². The van der Waals surface area contributed by atoms with Gasteiger partial charge in [0.1, 0.15) is 6.67 Å². The average molecular weight is 117 g/mol. The minimum atomic E-state index is 0.994. The van der Waals surface area contributed by atoms with Gasteiger partial charge in [-0.2, -0.15) is 0 Å². The van der Waals surface area contributed by atoms with E-state index in [2.05, 4.69) is 33.4 Å². The summed E-state index contributed by atoms with van der Waals surface area (Å²) in [5.74, 6) is 0. The van der Waals surface area contributed by atoms with Crippen LogP contribution in [-0.4, -0.2) is 38.8 Å². The van der Waals surface area contributed by atoms with E-state index in [1.54, 1.807) is 0 Å². The lowest BCUT2D eigenvalue weighted by atomic mass is 10.6. The van der Waals surface area contributed by atoms with E-state index in [1.165, 1.54) is 0 Å². The molecule has 0 saturated heterocycles. The molecule has 0 aromatic rings. The first-order chi connectivity index (χ1) is 3.56. The maximum Gasteiger partial charge on any atom is 0.131 e. The van der Waals surface area contributed by atoms with Crippen LogP contribution in [0.1, 0.15) is 6.92 Å². The van der Waals surface area contributed by atoms with Gasteiger partial charge in [0.2, 0.25) is 0 Å². The third-order valence-electron chi connectivity index (χ3n) is 0.836. The lowest BCUT2D eigenvalue weighted by Gasteiger charge is -2.23. The maximum absolute atomic E-state index is 3.26. The highest BCUT2D eigenvalue weighted by molar-refractivity contribution is 4.26. The molecule has 0 radical (unpaired) electrons. The Bertz CT molecular complexity index is 54.0. The van der Waals surface area contributed by atoms with Gasteiger partial charge >= 0.3 is 0 Å². The molecule has 8 heavy (non-hydrogen) atoms. The van der Waals surface area contributed by atoms with Crippen molar-refractivity contribution in [2.75, 3.05) is 34.4 Å². The Kier molecular flexibility index (Phi) is 3.02. The van der Waals surface area contributed by atoms with Crippen molar-refractivity contribution >= 4 is 0 Å². The smallest absolute Gasteiger partial charge is 0.131 e. The Balaban J connectivity index is 3.11. The lowest BCUT2D eigenvalue weighted by Crippen LogP contribution is -2.42. The predicted molar refractivity (Wildman–Crippen MR) is 36.6 cm³/mol. The zero-order valence-corrected chi connectivity index (χ0v) is 6.36. The summed E-state index contributed by atoms with van der Waals surface area (Å²) < 4.78 is 0.994. The number of rotatable bonds is 3. The lowest BCUT2D eigenvalue weighted by molar-refractivity contribution is -0.873. The van der Waals surface area contributed by atoms with E-state index in [4.69, 9.17) is 0 Å². The Labute approximate surface area is 52.1 Å². The summed E-state index contributed by atoms with van der Waals surface area (Å²) in [5.41, 5.74) is 0. The van der Waals surface area contributed by atoms with Crippen molar-refractivity contribution in [2.45, 2.75) is 6.92 Å². The van der Waals surface area contributed by atoms with Crippen LogP contribution in [0.4, 0.5) is 0 Å². The molecule has 0 saturated carbocycles. The normalized spacial score (nSPS) is 12.0. The molecule has 0 aromatic carbocycles. The van der Waals surface area contributed by atoms with Crippen LogP contribution in [0.2, 0.25) is 0 Å². The van der Waals surface area contributed by atoms with Crippen molar-refractivity contribution in [2.24, 2.45) is 0 Å². The number of quaternary nitrogens is 1. The number of hydrogen-bond donors (Lipinski definition) is 1. The predicted octanol–water partition coefficient (Wildman–Crippen LogP) is 0.260. The Morgan fingerprint density at radius 3 is 1.88 bits per heavy atom. The van der Waals surface area contributed by atoms with Crippen LogP contribution in [0.25, 0.3) is 0 Å². The van der Waals surface area contributed by atoms with Gasteiger partial charge in [0.15, 0.2) is 0 Å². The van der Waals surface area contributed by atoms with Crippen LogP contribution >= 0.6 is 0 Å². The number of hydrogen-bond acceptors (Lipinski definition) is 1. The minimum Gasteiger partial charge on any atom is -0.319 e. The van der Waals surface area contributed by atoms with Crippen LogP contribution < -0.4 is 5.32 Å². The van der Waals surface area contributed by atoms with E-state index in [-0.39, 0.29) is 0 Å². The number of nitrogens with one attached hydrogen (secondary N) is 1. The summed E-state index contributed by atoms with van der Waals surface area (Å²) in [5, 5.41) is 3.26. The molecule has 0 aliphatic carbocycles. The van der Waals surface area contributed by atoms with Crippen molar-refractivity contribution in [3.63, 3.8) is 0 Å². The van der Waals surface area contributed by atoms with Gasteiger partial charge in [0, 0.05) is 0 Å². The second kappa shape index (κ2) is 3.05.